The summed E-state index contributed by atoms with van der Waals surface area (Å²) in [5.74, 6) is 1.42. The minimum atomic E-state index is -0.690. The first-order valence-corrected chi connectivity index (χ1v) is 10.8. The number of piperidine rings is 1. The number of aliphatic hydroxyl groups is 1. The number of fused-ring (bicyclic) bond motifs is 2. The molecule has 5 rings (SSSR count). The second-order valence-corrected chi connectivity index (χ2v) is 8.77. The van der Waals surface area contributed by atoms with Crippen LogP contribution < -0.4 is 10.1 Å². The summed E-state index contributed by atoms with van der Waals surface area (Å²) in [6, 6.07) is 10.2. The van der Waals surface area contributed by atoms with Crippen molar-refractivity contribution in [2.75, 3.05) is 20.2 Å². The lowest BCUT2D eigenvalue weighted by Crippen LogP contribution is -2.50. The molecule has 0 radical (unpaired) electrons. The van der Waals surface area contributed by atoms with Gasteiger partial charge in [0.2, 0.25) is 0 Å². The summed E-state index contributed by atoms with van der Waals surface area (Å²) >= 11 is 0. The Bertz CT molecular complexity index is 1110. The molecule has 1 fully saturated rings. The number of carbonyl (C=O) groups excluding carboxylic acids is 1. The van der Waals surface area contributed by atoms with E-state index >= 15 is 0 Å². The second kappa shape index (κ2) is 7.54. The molecular formula is C25H27N3O3. The van der Waals surface area contributed by atoms with Crippen LogP contribution in [0.2, 0.25) is 0 Å². The fourth-order valence-corrected chi connectivity index (χ4v) is 4.68. The average molecular weight is 418 g/mol. The van der Waals surface area contributed by atoms with Crippen molar-refractivity contribution in [3.05, 3.63) is 53.1 Å². The smallest absolute Gasteiger partial charge is 0.322 e. The van der Waals surface area contributed by atoms with E-state index in [4.69, 9.17) is 9.73 Å². The van der Waals surface area contributed by atoms with Crippen molar-refractivity contribution in [2.45, 2.75) is 38.2 Å². The van der Waals surface area contributed by atoms with E-state index in [1.54, 1.807) is 12.0 Å². The second-order valence-electron chi connectivity index (χ2n) is 8.77. The molecule has 3 aliphatic rings. The van der Waals surface area contributed by atoms with E-state index in [0.717, 1.165) is 29.0 Å². The first-order chi connectivity index (χ1) is 14.9. The molecule has 2 N–H and O–H groups in total. The first kappa shape index (κ1) is 19.8. The molecule has 2 aromatic rings. The van der Waals surface area contributed by atoms with Crippen LogP contribution in [0.3, 0.4) is 0 Å². The van der Waals surface area contributed by atoms with Crippen LogP contribution in [0.15, 0.2) is 41.4 Å². The molecule has 0 atom stereocenters. The van der Waals surface area contributed by atoms with Gasteiger partial charge in [0.25, 0.3) is 0 Å². The molecule has 0 saturated carbocycles. The number of aliphatic imine (C=N–C) groups is 1. The van der Waals surface area contributed by atoms with Gasteiger partial charge in [-0.2, -0.15) is 0 Å². The predicted octanol–water partition coefficient (Wildman–Crippen LogP) is 4.07. The maximum atomic E-state index is 12.8. The van der Waals surface area contributed by atoms with Gasteiger partial charge in [0.05, 0.1) is 18.4 Å². The number of rotatable bonds is 2. The van der Waals surface area contributed by atoms with E-state index < -0.39 is 5.60 Å². The topological polar surface area (TPSA) is 74.2 Å². The van der Waals surface area contributed by atoms with E-state index in [0.29, 0.717) is 38.2 Å². The highest BCUT2D eigenvalue weighted by molar-refractivity contribution is 6.05. The number of hydrogen-bond donors (Lipinski definition) is 2. The van der Waals surface area contributed by atoms with Gasteiger partial charge in [-0.1, -0.05) is 30.4 Å². The SMILES string of the molecule is COc1ccc(-c2cccc3c2CC=C3)c2c1CC(NC(=O)N1CCC(C)(O)CC1)=N2. The number of allylic oxidation sites excluding steroid dienone is 1. The number of hydrogen-bond acceptors (Lipinski definition) is 4. The van der Waals surface area contributed by atoms with Gasteiger partial charge in [0, 0.05) is 30.6 Å². The van der Waals surface area contributed by atoms with Crippen molar-refractivity contribution in [3.8, 4) is 16.9 Å². The van der Waals surface area contributed by atoms with Gasteiger partial charge in [0.1, 0.15) is 11.6 Å². The highest BCUT2D eigenvalue weighted by atomic mass is 16.5. The fourth-order valence-electron chi connectivity index (χ4n) is 4.68. The zero-order chi connectivity index (χ0) is 21.6. The largest absolute Gasteiger partial charge is 0.496 e. The highest BCUT2D eigenvalue weighted by Gasteiger charge is 2.31. The quantitative estimate of drug-likeness (QED) is 0.773. The lowest BCUT2D eigenvalue weighted by Gasteiger charge is -2.35. The standard InChI is InChI=1S/C25H27N3O3/c1-25(30)11-13-28(14-12-25)24(29)27-22-15-20-21(31-2)10-9-19(23(20)26-22)18-8-4-6-16-5-3-7-17(16)18/h3-6,8-10,30H,7,11-15H2,1-2H3,(H,26,27,29). The number of amidine groups is 1. The lowest BCUT2D eigenvalue weighted by atomic mass is 9.93. The molecule has 6 nitrogen and oxygen atoms in total. The molecular weight excluding hydrogens is 390 g/mol. The van der Waals surface area contributed by atoms with Gasteiger partial charge in [0.15, 0.2) is 0 Å². The van der Waals surface area contributed by atoms with E-state index in [1.165, 1.54) is 16.7 Å². The molecule has 2 amide bonds. The van der Waals surface area contributed by atoms with Crippen LogP contribution in [0, 0.1) is 0 Å². The minimum Gasteiger partial charge on any atom is -0.496 e. The maximum Gasteiger partial charge on any atom is 0.322 e. The van der Waals surface area contributed by atoms with Crippen LogP contribution in [0.25, 0.3) is 17.2 Å². The van der Waals surface area contributed by atoms with E-state index in [-0.39, 0.29) is 6.03 Å². The third-order valence-electron chi connectivity index (χ3n) is 6.55. The summed E-state index contributed by atoms with van der Waals surface area (Å²) in [4.78, 5) is 19.4. The van der Waals surface area contributed by atoms with Crippen LogP contribution in [0.5, 0.6) is 5.75 Å². The molecule has 0 unspecified atom stereocenters. The first-order valence-electron chi connectivity index (χ1n) is 10.8. The minimum absolute atomic E-state index is 0.160. The number of nitrogens with one attached hydrogen (secondary N) is 1. The van der Waals surface area contributed by atoms with Gasteiger partial charge in [-0.15, -0.1) is 0 Å². The average Bonchev–Trinajstić information content (AvgIpc) is 3.39. The zero-order valence-corrected chi connectivity index (χ0v) is 17.9. The summed E-state index contributed by atoms with van der Waals surface area (Å²) in [6.45, 7) is 2.90. The molecule has 1 aliphatic carbocycles. The normalized spacial score (nSPS) is 18.4. The van der Waals surface area contributed by atoms with Gasteiger partial charge >= 0.3 is 6.03 Å². The Kier molecular flexibility index (Phi) is 4.82. The maximum absolute atomic E-state index is 12.8. The molecule has 2 aliphatic heterocycles. The number of carbonyl (C=O) groups is 1. The van der Waals surface area contributed by atoms with Gasteiger partial charge < -0.3 is 14.7 Å². The number of amides is 2. The summed E-state index contributed by atoms with van der Waals surface area (Å²) in [6.07, 6.45) is 6.95. The number of nitrogens with zero attached hydrogens (tertiary/aromatic N) is 2. The van der Waals surface area contributed by atoms with Crippen LogP contribution in [-0.2, 0) is 12.8 Å². The highest BCUT2D eigenvalue weighted by Crippen LogP contribution is 2.44. The van der Waals surface area contributed by atoms with Gasteiger partial charge in [-0.25, -0.2) is 9.79 Å². The van der Waals surface area contributed by atoms with Crippen LogP contribution >= 0.6 is 0 Å². The van der Waals surface area contributed by atoms with Crippen molar-refractivity contribution in [1.82, 2.24) is 10.2 Å². The molecule has 1 saturated heterocycles. The lowest BCUT2D eigenvalue weighted by molar-refractivity contribution is 0.00483. The fraction of sp³-hybridized carbons (Fsp3) is 0.360. The molecule has 0 spiro atoms. The Labute approximate surface area is 182 Å². The van der Waals surface area contributed by atoms with Gasteiger partial charge in [-0.3, -0.25) is 5.32 Å². The summed E-state index contributed by atoms with van der Waals surface area (Å²) in [7, 11) is 1.66. The predicted molar refractivity (Wildman–Crippen MR) is 122 cm³/mol. The molecule has 160 valence electrons. The monoisotopic (exact) mass is 417 g/mol. The van der Waals surface area contributed by atoms with E-state index in [9.17, 15) is 9.90 Å². The Balaban J connectivity index is 1.43. The third-order valence-corrected chi connectivity index (χ3v) is 6.55. The van der Waals surface area contributed by atoms with Crippen molar-refractivity contribution in [3.63, 3.8) is 0 Å². The van der Waals surface area contributed by atoms with E-state index in [1.807, 2.05) is 13.0 Å². The van der Waals surface area contributed by atoms with Gasteiger partial charge in [-0.05, 0) is 55.0 Å². The zero-order valence-electron chi connectivity index (χ0n) is 17.9. The van der Waals surface area contributed by atoms with E-state index in [2.05, 4.69) is 41.7 Å². The van der Waals surface area contributed by atoms with Crippen molar-refractivity contribution >= 4 is 23.6 Å². The summed E-state index contributed by atoms with van der Waals surface area (Å²) < 4.78 is 5.60. The Morgan fingerprint density at radius 1 is 1.16 bits per heavy atom. The van der Waals surface area contributed by atoms with Crippen LogP contribution in [-0.4, -0.2) is 47.7 Å². The number of benzene rings is 2. The van der Waals surface area contributed by atoms with Crippen molar-refractivity contribution < 1.29 is 14.6 Å². The Morgan fingerprint density at radius 3 is 2.74 bits per heavy atom. The molecule has 2 heterocycles. The Morgan fingerprint density at radius 2 is 1.97 bits per heavy atom. The van der Waals surface area contributed by atoms with Crippen molar-refractivity contribution in [2.24, 2.45) is 4.99 Å². The Hall–Kier alpha value is -3.12. The number of likely N-dealkylation sites (tertiary alicyclic amines) is 1. The van der Waals surface area contributed by atoms with Crippen LogP contribution in [0.1, 0.15) is 36.5 Å². The van der Waals surface area contributed by atoms with Crippen molar-refractivity contribution in [1.29, 1.82) is 0 Å². The summed E-state index contributed by atoms with van der Waals surface area (Å²) in [5, 5.41) is 13.1. The number of methoxy groups -OCH3 is 1. The third kappa shape index (κ3) is 3.61. The number of urea groups is 1. The summed E-state index contributed by atoms with van der Waals surface area (Å²) in [5.41, 5.74) is 5.98. The van der Waals surface area contributed by atoms with Crippen LogP contribution in [0.4, 0.5) is 10.5 Å². The molecule has 31 heavy (non-hydrogen) atoms. The molecule has 6 heteroatoms. The molecule has 0 aromatic heterocycles. The molecule has 2 aromatic carbocycles. The molecule has 0 bridgehead atoms. The number of ether oxygens (including phenoxy) is 1.